The van der Waals surface area contributed by atoms with Crippen LogP contribution in [0.15, 0.2) is 27.2 Å². The SMILES string of the molecule is Cc1cc(-c2noc(/C=C/CN)n2)cc(C)c1Br. The van der Waals surface area contributed by atoms with E-state index in [1.54, 1.807) is 12.2 Å². The third-order valence-corrected chi connectivity index (χ3v) is 3.78. The highest BCUT2D eigenvalue weighted by atomic mass is 79.9. The van der Waals surface area contributed by atoms with Gasteiger partial charge in [0, 0.05) is 22.7 Å². The van der Waals surface area contributed by atoms with Gasteiger partial charge in [0.15, 0.2) is 0 Å². The lowest BCUT2D eigenvalue weighted by molar-refractivity contribution is 0.411. The second-order valence-electron chi connectivity index (χ2n) is 4.02. The molecular weight excluding hydrogens is 294 g/mol. The number of halogens is 1. The molecule has 0 aliphatic heterocycles. The van der Waals surface area contributed by atoms with Gasteiger partial charge in [0.2, 0.25) is 5.82 Å². The van der Waals surface area contributed by atoms with Crippen molar-refractivity contribution in [2.24, 2.45) is 5.73 Å². The minimum absolute atomic E-state index is 0.453. The first kappa shape index (κ1) is 13.0. The average molecular weight is 308 g/mol. The molecule has 2 N–H and O–H groups in total. The van der Waals surface area contributed by atoms with Gasteiger partial charge in [0.1, 0.15) is 0 Å². The number of aryl methyl sites for hydroxylation is 2. The summed E-state index contributed by atoms with van der Waals surface area (Å²) in [4.78, 5) is 4.29. The zero-order valence-corrected chi connectivity index (χ0v) is 11.9. The van der Waals surface area contributed by atoms with Gasteiger partial charge < -0.3 is 10.3 Å². The summed E-state index contributed by atoms with van der Waals surface area (Å²) in [5.41, 5.74) is 8.61. The molecule has 4 nitrogen and oxygen atoms in total. The molecule has 0 aliphatic carbocycles. The van der Waals surface area contributed by atoms with Crippen molar-refractivity contribution in [3.63, 3.8) is 0 Å². The second-order valence-corrected chi connectivity index (χ2v) is 4.81. The minimum atomic E-state index is 0.453. The molecule has 0 aliphatic rings. The molecule has 2 aromatic rings. The summed E-state index contributed by atoms with van der Waals surface area (Å²) in [6, 6.07) is 4.05. The number of rotatable bonds is 3. The number of nitrogens with two attached hydrogens (primary N) is 1. The topological polar surface area (TPSA) is 64.9 Å². The molecule has 1 aromatic heterocycles. The Kier molecular flexibility index (Phi) is 3.93. The Morgan fingerprint density at radius 1 is 1.33 bits per heavy atom. The van der Waals surface area contributed by atoms with Gasteiger partial charge in [0.25, 0.3) is 5.89 Å². The van der Waals surface area contributed by atoms with Crippen LogP contribution >= 0.6 is 15.9 Å². The maximum atomic E-state index is 5.37. The summed E-state index contributed by atoms with van der Waals surface area (Å²) in [5.74, 6) is 1.05. The monoisotopic (exact) mass is 307 g/mol. The van der Waals surface area contributed by atoms with Crippen molar-refractivity contribution in [1.29, 1.82) is 0 Å². The van der Waals surface area contributed by atoms with E-state index in [1.165, 1.54) is 0 Å². The minimum Gasteiger partial charge on any atom is -0.334 e. The molecule has 0 saturated heterocycles. The Hall–Kier alpha value is -1.46. The summed E-state index contributed by atoms with van der Waals surface area (Å²) < 4.78 is 6.23. The Bertz CT molecular complexity index is 567. The summed E-state index contributed by atoms with van der Waals surface area (Å²) >= 11 is 3.54. The van der Waals surface area contributed by atoms with Crippen LogP contribution in [0.25, 0.3) is 17.5 Å². The number of benzene rings is 1. The molecule has 1 heterocycles. The fraction of sp³-hybridized carbons (Fsp3) is 0.231. The Morgan fingerprint density at radius 2 is 2.00 bits per heavy atom. The van der Waals surface area contributed by atoms with Crippen molar-refractivity contribution in [3.8, 4) is 11.4 Å². The van der Waals surface area contributed by atoms with Gasteiger partial charge in [-0.25, -0.2) is 0 Å². The highest BCUT2D eigenvalue weighted by Crippen LogP contribution is 2.27. The van der Waals surface area contributed by atoms with Gasteiger partial charge in [0.05, 0.1) is 0 Å². The molecule has 0 bridgehead atoms. The molecule has 1 aromatic carbocycles. The van der Waals surface area contributed by atoms with E-state index >= 15 is 0 Å². The van der Waals surface area contributed by atoms with E-state index < -0.39 is 0 Å². The molecule has 0 amide bonds. The molecule has 18 heavy (non-hydrogen) atoms. The summed E-state index contributed by atoms with van der Waals surface area (Å²) in [5, 5.41) is 3.96. The quantitative estimate of drug-likeness (QED) is 0.946. The largest absolute Gasteiger partial charge is 0.334 e. The number of aromatic nitrogens is 2. The van der Waals surface area contributed by atoms with Crippen molar-refractivity contribution in [3.05, 3.63) is 39.7 Å². The average Bonchev–Trinajstić information content (AvgIpc) is 2.81. The van der Waals surface area contributed by atoms with E-state index in [1.807, 2.05) is 26.0 Å². The number of hydrogen-bond acceptors (Lipinski definition) is 4. The fourth-order valence-electron chi connectivity index (χ4n) is 1.66. The summed E-state index contributed by atoms with van der Waals surface area (Å²) in [7, 11) is 0. The molecular formula is C13H14BrN3O. The highest BCUT2D eigenvalue weighted by molar-refractivity contribution is 9.10. The van der Waals surface area contributed by atoms with Crippen molar-refractivity contribution in [2.45, 2.75) is 13.8 Å². The third-order valence-electron chi connectivity index (χ3n) is 2.53. The third kappa shape index (κ3) is 2.68. The molecule has 0 atom stereocenters. The molecule has 5 heteroatoms. The van der Waals surface area contributed by atoms with E-state index in [9.17, 15) is 0 Å². The van der Waals surface area contributed by atoms with Crippen LogP contribution in [0.5, 0.6) is 0 Å². The highest BCUT2D eigenvalue weighted by Gasteiger charge is 2.09. The van der Waals surface area contributed by atoms with Crippen molar-refractivity contribution in [1.82, 2.24) is 10.1 Å². The van der Waals surface area contributed by atoms with Gasteiger partial charge >= 0.3 is 0 Å². The predicted molar refractivity (Wildman–Crippen MR) is 75.0 cm³/mol. The molecule has 2 rings (SSSR count). The van der Waals surface area contributed by atoms with Crippen LogP contribution < -0.4 is 5.73 Å². The van der Waals surface area contributed by atoms with Crippen LogP contribution in [-0.2, 0) is 0 Å². The molecule has 0 radical (unpaired) electrons. The molecule has 0 spiro atoms. The Balaban J connectivity index is 2.37. The van der Waals surface area contributed by atoms with Gasteiger partial charge in [-0.3, -0.25) is 0 Å². The van der Waals surface area contributed by atoms with Crippen LogP contribution in [0.1, 0.15) is 17.0 Å². The second kappa shape index (κ2) is 5.46. The van der Waals surface area contributed by atoms with E-state index in [2.05, 4.69) is 26.1 Å². The van der Waals surface area contributed by atoms with E-state index in [-0.39, 0.29) is 0 Å². The molecule has 0 unspecified atom stereocenters. The fourth-order valence-corrected chi connectivity index (χ4v) is 1.89. The maximum Gasteiger partial charge on any atom is 0.250 e. The first-order valence-electron chi connectivity index (χ1n) is 5.59. The summed E-state index contributed by atoms with van der Waals surface area (Å²) in [6.45, 7) is 4.53. The maximum absolute atomic E-state index is 5.37. The van der Waals surface area contributed by atoms with E-state index in [0.29, 0.717) is 18.3 Å². The van der Waals surface area contributed by atoms with Gasteiger partial charge in [-0.05, 0) is 37.1 Å². The first-order valence-corrected chi connectivity index (χ1v) is 6.38. The van der Waals surface area contributed by atoms with Gasteiger partial charge in [-0.1, -0.05) is 27.2 Å². The lowest BCUT2D eigenvalue weighted by Crippen LogP contribution is -1.91. The van der Waals surface area contributed by atoms with Crippen molar-refractivity contribution in [2.75, 3.05) is 6.54 Å². The van der Waals surface area contributed by atoms with Crippen LogP contribution in [0.4, 0.5) is 0 Å². The van der Waals surface area contributed by atoms with Crippen molar-refractivity contribution >= 4 is 22.0 Å². The predicted octanol–water partition coefficient (Wildman–Crippen LogP) is 3.09. The van der Waals surface area contributed by atoms with Crippen LogP contribution in [0, 0.1) is 13.8 Å². The van der Waals surface area contributed by atoms with Crippen LogP contribution in [0.2, 0.25) is 0 Å². The standard InChI is InChI=1S/C13H14BrN3O/c1-8-6-10(7-9(2)12(8)14)13-16-11(18-17-13)4-3-5-15/h3-4,6-7H,5,15H2,1-2H3/b4-3+. The Morgan fingerprint density at radius 3 is 2.61 bits per heavy atom. The normalized spacial score (nSPS) is 11.3. The zero-order chi connectivity index (χ0) is 13.1. The number of nitrogens with zero attached hydrogens (tertiary/aromatic N) is 2. The van der Waals surface area contributed by atoms with Gasteiger partial charge in [-0.2, -0.15) is 4.98 Å². The van der Waals surface area contributed by atoms with E-state index in [4.69, 9.17) is 10.3 Å². The van der Waals surface area contributed by atoms with E-state index in [0.717, 1.165) is 21.2 Å². The summed E-state index contributed by atoms with van der Waals surface area (Å²) in [6.07, 6.45) is 3.49. The van der Waals surface area contributed by atoms with Crippen LogP contribution in [-0.4, -0.2) is 16.7 Å². The van der Waals surface area contributed by atoms with Gasteiger partial charge in [-0.15, -0.1) is 0 Å². The lowest BCUT2D eigenvalue weighted by Gasteiger charge is -2.04. The first-order chi connectivity index (χ1) is 8.61. The van der Waals surface area contributed by atoms with Crippen LogP contribution in [0.3, 0.4) is 0 Å². The lowest BCUT2D eigenvalue weighted by atomic mass is 10.1. The Labute approximate surface area is 114 Å². The smallest absolute Gasteiger partial charge is 0.250 e. The zero-order valence-electron chi connectivity index (χ0n) is 10.3. The molecule has 94 valence electrons. The van der Waals surface area contributed by atoms with Crippen molar-refractivity contribution < 1.29 is 4.52 Å². The molecule has 0 fully saturated rings. The number of hydrogen-bond donors (Lipinski definition) is 1. The molecule has 0 saturated carbocycles.